The van der Waals surface area contributed by atoms with E-state index >= 15 is 0 Å². The number of amidine groups is 3. The third-order valence-electron chi connectivity index (χ3n) is 4.20. The summed E-state index contributed by atoms with van der Waals surface area (Å²) >= 11 is 2.54. The van der Waals surface area contributed by atoms with E-state index in [0.29, 0.717) is 15.9 Å². The van der Waals surface area contributed by atoms with Gasteiger partial charge in [-0.3, -0.25) is 10.2 Å². The predicted molar refractivity (Wildman–Crippen MR) is 124 cm³/mol. The zero-order chi connectivity index (χ0) is 22.0. The number of carbonyl (C=O) groups is 1. The Morgan fingerprint density at radius 3 is 2.55 bits per heavy atom. The first-order valence-corrected chi connectivity index (χ1v) is 12.3. The molecule has 0 spiro atoms. The topological polar surface area (TPSA) is 112 Å². The van der Waals surface area contributed by atoms with Crippen LogP contribution in [0.25, 0.3) is 6.08 Å². The van der Waals surface area contributed by atoms with Crippen LogP contribution < -0.4 is 4.18 Å². The molecule has 31 heavy (non-hydrogen) atoms. The van der Waals surface area contributed by atoms with Crippen LogP contribution in [0, 0.1) is 5.41 Å². The van der Waals surface area contributed by atoms with Crippen molar-refractivity contribution in [1.82, 2.24) is 4.90 Å². The molecule has 0 atom stereocenters. The number of hydrogen-bond acceptors (Lipinski definition) is 8. The average Bonchev–Trinajstić information content (AvgIpc) is 3.15. The standard InChI is InChI=1S/C20H16N4O4S3/c1-2-29-20-23-30-19-22-18(25)16(17(21)24(19)20)12-13-8-10-14(11-9-13)28-31(26,27)15-6-4-3-5-7-15/h3-12,21H,2H2,1H3/b16-12-,21-17?. The van der Waals surface area contributed by atoms with Crippen molar-refractivity contribution in [2.75, 3.05) is 5.75 Å². The number of amides is 1. The second kappa shape index (κ2) is 8.69. The Kier molecular flexibility index (Phi) is 5.99. The number of carbonyl (C=O) groups excluding carboxylic acids is 1. The molecule has 0 saturated carbocycles. The highest BCUT2D eigenvalue weighted by Crippen LogP contribution is 2.32. The Morgan fingerprint density at radius 1 is 1.16 bits per heavy atom. The molecule has 4 rings (SSSR count). The fraction of sp³-hybridized carbons (Fsp3) is 0.100. The van der Waals surface area contributed by atoms with E-state index in [1.807, 2.05) is 6.92 Å². The summed E-state index contributed by atoms with van der Waals surface area (Å²) in [5, 5.41) is 9.45. The zero-order valence-corrected chi connectivity index (χ0v) is 18.6. The Labute approximate surface area is 187 Å². The second-order valence-electron chi connectivity index (χ2n) is 6.26. The van der Waals surface area contributed by atoms with Crippen LogP contribution in [0.15, 0.2) is 74.5 Å². The summed E-state index contributed by atoms with van der Waals surface area (Å²) in [6.45, 7) is 1.98. The quantitative estimate of drug-likeness (QED) is 0.400. The zero-order valence-electron chi connectivity index (χ0n) is 16.2. The molecule has 0 unspecified atom stereocenters. The molecule has 2 aliphatic heterocycles. The highest BCUT2D eigenvalue weighted by atomic mass is 32.2. The molecule has 11 heteroatoms. The number of thioether (sulfide) groups is 1. The minimum absolute atomic E-state index is 0.00619. The number of fused-ring (bicyclic) bond motifs is 1. The summed E-state index contributed by atoms with van der Waals surface area (Å²) in [6.07, 6.45) is 1.54. The maximum absolute atomic E-state index is 12.4. The fourth-order valence-corrected chi connectivity index (χ4v) is 5.29. The molecule has 158 valence electrons. The summed E-state index contributed by atoms with van der Waals surface area (Å²) in [6, 6.07) is 14.0. The average molecular weight is 473 g/mol. The van der Waals surface area contributed by atoms with Crippen molar-refractivity contribution in [1.29, 1.82) is 5.41 Å². The van der Waals surface area contributed by atoms with Gasteiger partial charge in [-0.05, 0) is 41.7 Å². The van der Waals surface area contributed by atoms with Crippen LogP contribution in [0.5, 0.6) is 5.75 Å². The van der Waals surface area contributed by atoms with Gasteiger partial charge in [0.1, 0.15) is 16.5 Å². The maximum atomic E-state index is 12.4. The van der Waals surface area contributed by atoms with E-state index in [1.54, 1.807) is 35.2 Å². The molecule has 0 bridgehead atoms. The number of aliphatic imine (C=N–C) groups is 1. The van der Waals surface area contributed by atoms with Gasteiger partial charge in [0.2, 0.25) is 5.17 Å². The van der Waals surface area contributed by atoms with E-state index in [2.05, 4.69) is 9.39 Å². The van der Waals surface area contributed by atoms with Crippen molar-refractivity contribution < 1.29 is 17.4 Å². The first-order chi connectivity index (χ1) is 14.9. The monoisotopic (exact) mass is 472 g/mol. The van der Waals surface area contributed by atoms with E-state index < -0.39 is 16.0 Å². The van der Waals surface area contributed by atoms with Crippen molar-refractivity contribution in [3.8, 4) is 5.75 Å². The van der Waals surface area contributed by atoms with E-state index in [4.69, 9.17) is 9.59 Å². The Hall–Kier alpha value is -2.89. The highest BCUT2D eigenvalue weighted by Gasteiger charge is 2.37. The van der Waals surface area contributed by atoms with Crippen molar-refractivity contribution in [3.05, 3.63) is 65.7 Å². The Balaban J connectivity index is 1.55. The minimum atomic E-state index is -3.94. The number of rotatable bonds is 5. The van der Waals surface area contributed by atoms with Crippen LogP contribution in [0.4, 0.5) is 0 Å². The van der Waals surface area contributed by atoms with Crippen LogP contribution >= 0.6 is 23.7 Å². The molecule has 2 aromatic carbocycles. The van der Waals surface area contributed by atoms with Gasteiger partial charge >= 0.3 is 10.1 Å². The first-order valence-electron chi connectivity index (χ1n) is 9.10. The lowest BCUT2D eigenvalue weighted by molar-refractivity contribution is -0.114. The summed E-state index contributed by atoms with van der Waals surface area (Å²) in [5.41, 5.74) is 0.728. The number of nitrogens with one attached hydrogen (secondary N) is 1. The van der Waals surface area contributed by atoms with E-state index in [1.165, 1.54) is 42.1 Å². The molecular weight excluding hydrogens is 456 g/mol. The van der Waals surface area contributed by atoms with Crippen LogP contribution in [0.3, 0.4) is 0 Å². The lowest BCUT2D eigenvalue weighted by atomic mass is 10.1. The molecule has 0 radical (unpaired) electrons. The molecule has 0 saturated heterocycles. The third kappa shape index (κ3) is 4.43. The van der Waals surface area contributed by atoms with Crippen LogP contribution in [-0.2, 0) is 14.9 Å². The molecule has 2 heterocycles. The number of benzene rings is 2. The van der Waals surface area contributed by atoms with Gasteiger partial charge in [0.05, 0.1) is 17.5 Å². The molecule has 8 nitrogen and oxygen atoms in total. The van der Waals surface area contributed by atoms with Gasteiger partial charge in [-0.2, -0.15) is 17.8 Å². The van der Waals surface area contributed by atoms with Crippen LogP contribution in [-0.4, -0.2) is 41.1 Å². The van der Waals surface area contributed by atoms with Gasteiger partial charge in [0.25, 0.3) is 5.91 Å². The molecular formula is C20H16N4O4S3. The fourth-order valence-electron chi connectivity index (χ4n) is 2.77. The van der Waals surface area contributed by atoms with Crippen molar-refractivity contribution in [2.24, 2.45) is 9.39 Å². The van der Waals surface area contributed by atoms with Crippen molar-refractivity contribution in [2.45, 2.75) is 11.8 Å². The second-order valence-corrected chi connectivity index (χ2v) is 9.77. The van der Waals surface area contributed by atoms with Crippen LogP contribution in [0.1, 0.15) is 12.5 Å². The largest absolute Gasteiger partial charge is 0.379 e. The van der Waals surface area contributed by atoms with Gasteiger partial charge in [-0.1, -0.05) is 49.0 Å². The van der Waals surface area contributed by atoms with Gasteiger partial charge in [-0.25, -0.2) is 4.90 Å². The molecule has 1 amide bonds. The number of hydrogen-bond donors (Lipinski definition) is 1. The molecule has 2 aromatic rings. The molecule has 0 aliphatic carbocycles. The summed E-state index contributed by atoms with van der Waals surface area (Å²) in [4.78, 5) is 18.1. The summed E-state index contributed by atoms with van der Waals surface area (Å²) in [5.74, 6) is 0.401. The Morgan fingerprint density at radius 2 is 1.87 bits per heavy atom. The minimum Gasteiger partial charge on any atom is -0.379 e. The van der Waals surface area contributed by atoms with Gasteiger partial charge in [-0.15, -0.1) is 0 Å². The number of nitrogens with zero attached hydrogens (tertiary/aromatic N) is 3. The first kappa shape index (κ1) is 21.3. The normalized spacial score (nSPS) is 17.5. The highest BCUT2D eigenvalue weighted by molar-refractivity contribution is 8.19. The molecule has 0 aromatic heterocycles. The van der Waals surface area contributed by atoms with Crippen molar-refractivity contribution >= 4 is 62.0 Å². The smallest absolute Gasteiger partial charge is 0.339 e. The maximum Gasteiger partial charge on any atom is 0.339 e. The molecule has 1 N–H and O–H groups in total. The van der Waals surface area contributed by atoms with Crippen LogP contribution in [0.2, 0.25) is 0 Å². The van der Waals surface area contributed by atoms with E-state index in [-0.39, 0.29) is 22.1 Å². The van der Waals surface area contributed by atoms with Crippen molar-refractivity contribution in [3.63, 3.8) is 0 Å². The lowest BCUT2D eigenvalue weighted by Gasteiger charge is -2.24. The summed E-state index contributed by atoms with van der Waals surface area (Å²) < 4.78 is 34.1. The van der Waals surface area contributed by atoms with E-state index in [9.17, 15) is 13.2 Å². The molecule has 2 aliphatic rings. The van der Waals surface area contributed by atoms with Gasteiger partial charge in [0, 0.05) is 0 Å². The van der Waals surface area contributed by atoms with E-state index in [0.717, 1.165) is 17.7 Å². The van der Waals surface area contributed by atoms with Gasteiger partial charge in [0.15, 0.2) is 5.17 Å². The predicted octanol–water partition coefficient (Wildman–Crippen LogP) is 3.78. The lowest BCUT2D eigenvalue weighted by Crippen LogP contribution is -2.41. The molecule has 0 fully saturated rings. The van der Waals surface area contributed by atoms with Gasteiger partial charge < -0.3 is 4.18 Å². The Bertz CT molecular complexity index is 1240. The third-order valence-corrected chi connectivity index (χ3v) is 7.10. The summed E-state index contributed by atoms with van der Waals surface area (Å²) in [7, 11) is -3.94. The SMILES string of the molecule is CCSC1=NSC2=NC(=O)/C(=C\c3ccc(OS(=O)(=O)c4ccccc4)cc3)C(=N)N12.